The molecule has 0 spiro atoms. The number of aryl methyl sites for hydroxylation is 1. The Balaban J connectivity index is 0.00000144. The summed E-state index contributed by atoms with van der Waals surface area (Å²) >= 11 is 0. The van der Waals surface area contributed by atoms with E-state index in [0.717, 1.165) is 37.3 Å². The van der Waals surface area contributed by atoms with Crippen molar-refractivity contribution in [3.8, 4) is 0 Å². The number of β-amino-alcohol motifs (C(OH)–C–C–N with tert-alkyl or cyclic N) is 1. The van der Waals surface area contributed by atoms with Gasteiger partial charge >= 0.3 is 0 Å². The van der Waals surface area contributed by atoms with E-state index in [9.17, 15) is 9.90 Å². The van der Waals surface area contributed by atoms with Crippen molar-refractivity contribution in [2.24, 2.45) is 0 Å². The van der Waals surface area contributed by atoms with Gasteiger partial charge in [0, 0.05) is 44.7 Å². The Bertz CT molecular complexity index is 589. The number of hydrogen-bond acceptors (Lipinski definition) is 6. The van der Waals surface area contributed by atoms with Crippen LogP contribution in [0.4, 0.5) is 0 Å². The highest BCUT2D eigenvalue weighted by atomic mass is 35.5. The van der Waals surface area contributed by atoms with Crippen LogP contribution in [0, 0.1) is 6.92 Å². The second kappa shape index (κ2) is 9.12. The minimum atomic E-state index is -0.872. The summed E-state index contributed by atoms with van der Waals surface area (Å²) in [7, 11) is 0. The van der Waals surface area contributed by atoms with Crippen LogP contribution in [-0.2, 0) is 17.6 Å². The fraction of sp³-hybridized carbons (Fsp3) is 0.733. The zero-order chi connectivity index (χ0) is 15.6. The van der Waals surface area contributed by atoms with Gasteiger partial charge in [-0.1, -0.05) is 0 Å². The van der Waals surface area contributed by atoms with Gasteiger partial charge in [0.2, 0.25) is 0 Å². The van der Waals surface area contributed by atoms with Crippen molar-refractivity contribution in [1.82, 2.24) is 20.2 Å². The Morgan fingerprint density at radius 3 is 2.88 bits per heavy atom. The predicted octanol–water partition coefficient (Wildman–Crippen LogP) is -0.327. The molecule has 0 aliphatic carbocycles. The predicted molar refractivity (Wildman–Crippen MR) is 96.6 cm³/mol. The molecule has 0 aromatic carbocycles. The van der Waals surface area contributed by atoms with Crippen molar-refractivity contribution in [1.29, 1.82) is 0 Å². The molecule has 1 atom stereocenters. The summed E-state index contributed by atoms with van der Waals surface area (Å²) in [6.07, 6.45) is 1.41. The Morgan fingerprint density at radius 2 is 2.08 bits per heavy atom. The molecule has 7 nitrogen and oxygen atoms in total. The number of nitrogens with zero attached hydrogens (tertiary/aromatic N) is 2. The monoisotopic (exact) mass is 380 g/mol. The summed E-state index contributed by atoms with van der Waals surface area (Å²) in [4.78, 5) is 21.5. The van der Waals surface area contributed by atoms with E-state index in [1.165, 1.54) is 0 Å². The Labute approximate surface area is 154 Å². The summed E-state index contributed by atoms with van der Waals surface area (Å²) in [5.41, 5.74) is 0.784. The summed E-state index contributed by atoms with van der Waals surface area (Å²) in [5.74, 6) is 0.664. The van der Waals surface area contributed by atoms with Gasteiger partial charge in [-0.2, -0.15) is 0 Å². The molecule has 1 aromatic rings. The van der Waals surface area contributed by atoms with Crippen LogP contribution in [0.2, 0.25) is 0 Å². The van der Waals surface area contributed by atoms with Gasteiger partial charge < -0.3 is 20.1 Å². The summed E-state index contributed by atoms with van der Waals surface area (Å²) < 4.78 is 5.47. The molecule has 0 bridgehead atoms. The topological polar surface area (TPSA) is 90.5 Å². The quantitative estimate of drug-likeness (QED) is 0.650. The lowest BCUT2D eigenvalue weighted by Gasteiger charge is -2.32. The normalized spacial score (nSPS) is 24.8. The molecule has 9 heteroatoms. The SMILES string of the molecule is Cc1nc2c(c(=O)[nH]1)CCN(CC1(O)CNCCOC1)CC2.Cl.Cl. The van der Waals surface area contributed by atoms with Crippen molar-refractivity contribution >= 4 is 24.8 Å². The molecule has 0 amide bonds. The van der Waals surface area contributed by atoms with E-state index >= 15 is 0 Å². The second-order valence-electron chi connectivity index (χ2n) is 6.31. The van der Waals surface area contributed by atoms with E-state index < -0.39 is 5.60 Å². The van der Waals surface area contributed by atoms with Gasteiger partial charge in [0.25, 0.3) is 5.56 Å². The average molecular weight is 381 g/mol. The number of aromatic nitrogens is 2. The molecule has 0 radical (unpaired) electrons. The number of aromatic amines is 1. The summed E-state index contributed by atoms with van der Waals surface area (Å²) in [6.45, 7) is 6.19. The summed E-state index contributed by atoms with van der Waals surface area (Å²) in [5, 5.41) is 13.9. The van der Waals surface area contributed by atoms with Crippen LogP contribution in [0.5, 0.6) is 0 Å². The first-order valence-corrected chi connectivity index (χ1v) is 7.88. The molecule has 24 heavy (non-hydrogen) atoms. The lowest BCUT2D eigenvalue weighted by Crippen LogP contribution is -2.52. The minimum Gasteiger partial charge on any atom is -0.385 e. The van der Waals surface area contributed by atoms with Crippen molar-refractivity contribution in [2.45, 2.75) is 25.4 Å². The van der Waals surface area contributed by atoms with Crippen molar-refractivity contribution in [2.75, 3.05) is 45.9 Å². The van der Waals surface area contributed by atoms with Gasteiger partial charge in [0.15, 0.2) is 0 Å². The number of aliphatic hydroxyl groups is 1. The molecule has 1 fully saturated rings. The molecule has 1 unspecified atom stereocenters. The molecular formula is C15H26Cl2N4O3. The van der Waals surface area contributed by atoms with Crippen LogP contribution < -0.4 is 10.9 Å². The van der Waals surface area contributed by atoms with Crippen LogP contribution in [0.15, 0.2) is 4.79 Å². The number of rotatable bonds is 2. The lowest BCUT2D eigenvalue weighted by molar-refractivity contribution is -0.0483. The van der Waals surface area contributed by atoms with E-state index in [-0.39, 0.29) is 30.4 Å². The van der Waals surface area contributed by atoms with Crippen LogP contribution in [0.1, 0.15) is 17.1 Å². The van der Waals surface area contributed by atoms with Crippen LogP contribution in [0.3, 0.4) is 0 Å². The summed E-state index contributed by atoms with van der Waals surface area (Å²) in [6, 6.07) is 0. The first-order chi connectivity index (χ1) is 10.6. The molecule has 1 aromatic heterocycles. The first kappa shape index (κ1) is 21.3. The second-order valence-corrected chi connectivity index (χ2v) is 6.31. The van der Waals surface area contributed by atoms with Gasteiger partial charge in [-0.05, 0) is 13.3 Å². The highest BCUT2D eigenvalue weighted by Gasteiger charge is 2.32. The maximum Gasteiger partial charge on any atom is 0.254 e. The number of nitrogens with one attached hydrogen (secondary N) is 2. The molecular weight excluding hydrogens is 355 g/mol. The highest BCUT2D eigenvalue weighted by molar-refractivity contribution is 5.85. The number of halogens is 2. The Kier molecular flexibility index (Phi) is 8.11. The van der Waals surface area contributed by atoms with E-state index in [0.29, 0.717) is 38.5 Å². The minimum absolute atomic E-state index is 0. The van der Waals surface area contributed by atoms with Gasteiger partial charge in [-0.15, -0.1) is 24.8 Å². The zero-order valence-electron chi connectivity index (χ0n) is 13.8. The largest absolute Gasteiger partial charge is 0.385 e. The third-order valence-corrected chi connectivity index (χ3v) is 4.33. The molecule has 2 aliphatic rings. The van der Waals surface area contributed by atoms with Gasteiger partial charge in [0.05, 0.1) is 18.9 Å². The number of ether oxygens (including phenoxy) is 1. The number of hydrogen-bond donors (Lipinski definition) is 3. The first-order valence-electron chi connectivity index (χ1n) is 7.88. The van der Waals surface area contributed by atoms with Crippen LogP contribution >= 0.6 is 24.8 Å². The molecule has 0 saturated carbocycles. The van der Waals surface area contributed by atoms with Gasteiger partial charge in [-0.25, -0.2) is 4.98 Å². The third kappa shape index (κ3) is 5.15. The van der Waals surface area contributed by atoms with Gasteiger partial charge in [-0.3, -0.25) is 9.69 Å². The highest BCUT2D eigenvalue weighted by Crippen LogP contribution is 2.15. The van der Waals surface area contributed by atoms with E-state index in [1.807, 2.05) is 6.92 Å². The van der Waals surface area contributed by atoms with Crippen LogP contribution in [-0.4, -0.2) is 71.5 Å². The van der Waals surface area contributed by atoms with Crippen LogP contribution in [0.25, 0.3) is 0 Å². The van der Waals surface area contributed by atoms with Gasteiger partial charge in [0.1, 0.15) is 11.4 Å². The smallest absolute Gasteiger partial charge is 0.254 e. The zero-order valence-corrected chi connectivity index (χ0v) is 15.5. The van der Waals surface area contributed by atoms with E-state index in [1.54, 1.807) is 0 Å². The van der Waals surface area contributed by atoms with E-state index in [4.69, 9.17) is 4.74 Å². The molecule has 1 saturated heterocycles. The van der Waals surface area contributed by atoms with Crippen molar-refractivity contribution in [3.05, 3.63) is 27.4 Å². The standard InChI is InChI=1S/C15H24N4O3.2ClH/c1-11-17-13-3-6-19(5-2-12(13)14(20)18-11)9-15(21)8-16-4-7-22-10-15;;/h16,21H,2-10H2,1H3,(H,17,18,20);2*1H. The Hall–Kier alpha value is -0.700. The fourth-order valence-electron chi connectivity index (χ4n) is 3.23. The van der Waals surface area contributed by atoms with E-state index in [2.05, 4.69) is 20.2 Å². The molecule has 3 heterocycles. The maximum atomic E-state index is 12.0. The molecule has 3 N–H and O–H groups in total. The third-order valence-electron chi connectivity index (χ3n) is 4.33. The number of fused-ring (bicyclic) bond motifs is 1. The molecule has 2 aliphatic heterocycles. The molecule has 3 rings (SSSR count). The Morgan fingerprint density at radius 1 is 1.33 bits per heavy atom. The lowest BCUT2D eigenvalue weighted by atomic mass is 10.0. The average Bonchev–Trinajstić information content (AvgIpc) is 2.78. The fourth-order valence-corrected chi connectivity index (χ4v) is 3.23. The van der Waals surface area contributed by atoms with Crippen molar-refractivity contribution in [3.63, 3.8) is 0 Å². The molecule has 138 valence electrons. The number of H-pyrrole nitrogens is 1. The van der Waals surface area contributed by atoms with Crippen molar-refractivity contribution < 1.29 is 9.84 Å². The maximum absolute atomic E-state index is 12.0.